The van der Waals surface area contributed by atoms with Crippen LogP contribution in [0.3, 0.4) is 0 Å². The zero-order valence-corrected chi connectivity index (χ0v) is 9.44. The van der Waals surface area contributed by atoms with Gasteiger partial charge in [0, 0.05) is 19.1 Å². The van der Waals surface area contributed by atoms with Gasteiger partial charge in [0.1, 0.15) is 6.33 Å². The third-order valence-corrected chi connectivity index (χ3v) is 2.78. The highest BCUT2D eigenvalue weighted by molar-refractivity contribution is 5.90. The lowest BCUT2D eigenvalue weighted by Crippen LogP contribution is -2.36. The van der Waals surface area contributed by atoms with Crippen molar-refractivity contribution in [1.29, 1.82) is 0 Å². The van der Waals surface area contributed by atoms with Gasteiger partial charge in [-0.1, -0.05) is 6.92 Å². The molecule has 0 bridgehead atoms. The first-order chi connectivity index (χ1) is 7.81. The van der Waals surface area contributed by atoms with Gasteiger partial charge < -0.3 is 5.32 Å². The second kappa shape index (κ2) is 5.07. The number of rotatable bonds is 6. The molecule has 2 N–H and O–H groups in total. The van der Waals surface area contributed by atoms with E-state index in [0.29, 0.717) is 6.54 Å². The number of carbonyl (C=O) groups excluding carboxylic acids is 1. The summed E-state index contributed by atoms with van der Waals surface area (Å²) in [6.45, 7) is 4.75. The van der Waals surface area contributed by atoms with Crippen LogP contribution in [0.25, 0.3) is 0 Å². The highest BCUT2D eigenvalue weighted by Gasteiger charge is 2.27. The molecular weight excluding hydrogens is 206 g/mol. The molecule has 1 aromatic heterocycles. The largest absolute Gasteiger partial charge is 0.348 e. The molecule has 88 valence electrons. The number of H-pyrrole nitrogens is 1. The van der Waals surface area contributed by atoms with Crippen molar-refractivity contribution in [3.05, 3.63) is 12.2 Å². The molecule has 0 atom stereocenters. The average Bonchev–Trinajstić information content (AvgIpc) is 2.97. The Morgan fingerprint density at radius 1 is 1.69 bits per heavy atom. The first-order valence-corrected chi connectivity index (χ1v) is 5.69. The average molecular weight is 223 g/mol. The third kappa shape index (κ3) is 2.79. The molecule has 0 aliphatic heterocycles. The Kier molecular flexibility index (Phi) is 3.51. The minimum Gasteiger partial charge on any atom is -0.348 e. The SMILES string of the molecule is CCN(CCNC(=O)c1ncn[nH]1)C1CC1. The fourth-order valence-corrected chi connectivity index (χ4v) is 1.75. The zero-order valence-electron chi connectivity index (χ0n) is 9.44. The van der Waals surface area contributed by atoms with E-state index in [0.717, 1.165) is 19.1 Å². The number of likely N-dealkylation sites (N-methyl/N-ethyl adjacent to an activating group) is 1. The molecule has 16 heavy (non-hydrogen) atoms. The van der Waals surface area contributed by atoms with Crippen LogP contribution in [0, 0.1) is 0 Å². The van der Waals surface area contributed by atoms with Gasteiger partial charge in [0.05, 0.1) is 0 Å². The Morgan fingerprint density at radius 3 is 3.06 bits per heavy atom. The van der Waals surface area contributed by atoms with Gasteiger partial charge in [-0.05, 0) is 19.4 Å². The number of aromatic nitrogens is 3. The monoisotopic (exact) mass is 223 g/mol. The Balaban J connectivity index is 1.69. The maximum Gasteiger partial charge on any atom is 0.288 e. The first-order valence-electron chi connectivity index (χ1n) is 5.69. The van der Waals surface area contributed by atoms with Crippen molar-refractivity contribution in [2.24, 2.45) is 0 Å². The van der Waals surface area contributed by atoms with E-state index in [1.807, 2.05) is 0 Å². The van der Waals surface area contributed by atoms with Crippen LogP contribution in [0.15, 0.2) is 6.33 Å². The molecule has 1 heterocycles. The Hall–Kier alpha value is -1.43. The van der Waals surface area contributed by atoms with E-state index in [-0.39, 0.29) is 11.7 Å². The topological polar surface area (TPSA) is 73.9 Å². The number of aromatic amines is 1. The predicted molar refractivity (Wildman–Crippen MR) is 59.0 cm³/mol. The highest BCUT2D eigenvalue weighted by atomic mass is 16.2. The fraction of sp³-hybridized carbons (Fsp3) is 0.700. The molecule has 6 heteroatoms. The quantitative estimate of drug-likeness (QED) is 0.713. The molecule has 1 amide bonds. The van der Waals surface area contributed by atoms with Crippen molar-refractivity contribution in [2.45, 2.75) is 25.8 Å². The van der Waals surface area contributed by atoms with E-state index in [2.05, 4.69) is 32.3 Å². The summed E-state index contributed by atoms with van der Waals surface area (Å²) in [6, 6.07) is 0.743. The van der Waals surface area contributed by atoms with Crippen molar-refractivity contribution in [1.82, 2.24) is 25.4 Å². The van der Waals surface area contributed by atoms with Crippen molar-refractivity contribution < 1.29 is 4.79 Å². The van der Waals surface area contributed by atoms with Gasteiger partial charge in [-0.25, -0.2) is 4.98 Å². The Bertz CT molecular complexity index is 333. The van der Waals surface area contributed by atoms with E-state index < -0.39 is 0 Å². The summed E-state index contributed by atoms with van der Waals surface area (Å²) >= 11 is 0. The second-order valence-corrected chi connectivity index (χ2v) is 3.95. The fourth-order valence-electron chi connectivity index (χ4n) is 1.75. The normalized spacial score (nSPS) is 15.4. The minimum atomic E-state index is -0.190. The van der Waals surface area contributed by atoms with E-state index >= 15 is 0 Å². The molecule has 1 aliphatic carbocycles. The molecule has 0 spiro atoms. The summed E-state index contributed by atoms with van der Waals surface area (Å²) in [4.78, 5) is 17.7. The lowest BCUT2D eigenvalue weighted by molar-refractivity contribution is 0.0938. The van der Waals surface area contributed by atoms with Gasteiger partial charge in [0.25, 0.3) is 5.91 Å². The summed E-state index contributed by atoms with van der Waals surface area (Å²) in [5.41, 5.74) is 0. The van der Waals surface area contributed by atoms with Crippen molar-refractivity contribution in [3.8, 4) is 0 Å². The molecule has 0 unspecified atom stereocenters. The molecule has 0 saturated heterocycles. The van der Waals surface area contributed by atoms with Crippen LogP contribution in [0.5, 0.6) is 0 Å². The lowest BCUT2D eigenvalue weighted by Gasteiger charge is -2.19. The van der Waals surface area contributed by atoms with E-state index in [4.69, 9.17) is 0 Å². The highest BCUT2D eigenvalue weighted by Crippen LogP contribution is 2.25. The van der Waals surface area contributed by atoms with Gasteiger partial charge in [-0.2, -0.15) is 5.10 Å². The minimum absolute atomic E-state index is 0.190. The smallest absolute Gasteiger partial charge is 0.288 e. The van der Waals surface area contributed by atoms with Gasteiger partial charge in [-0.15, -0.1) is 0 Å². The van der Waals surface area contributed by atoms with Gasteiger partial charge >= 0.3 is 0 Å². The number of hydrogen-bond acceptors (Lipinski definition) is 4. The van der Waals surface area contributed by atoms with Crippen LogP contribution in [0.2, 0.25) is 0 Å². The maximum absolute atomic E-state index is 11.5. The van der Waals surface area contributed by atoms with Crippen LogP contribution in [-0.2, 0) is 0 Å². The number of carbonyl (C=O) groups is 1. The number of nitrogens with one attached hydrogen (secondary N) is 2. The molecule has 2 rings (SSSR count). The van der Waals surface area contributed by atoms with Crippen LogP contribution in [0.1, 0.15) is 30.4 Å². The summed E-state index contributed by atoms with van der Waals surface area (Å²) < 4.78 is 0. The lowest BCUT2D eigenvalue weighted by atomic mass is 10.4. The predicted octanol–water partition coefficient (Wildman–Crippen LogP) is 0.0188. The van der Waals surface area contributed by atoms with E-state index in [1.165, 1.54) is 19.2 Å². The first kappa shape index (κ1) is 11.1. The molecule has 1 aliphatic rings. The molecule has 1 saturated carbocycles. The standard InChI is InChI=1S/C10H17N5O/c1-2-15(8-3-4-8)6-5-11-10(16)9-12-7-13-14-9/h7-8H,2-6H2,1H3,(H,11,16)(H,12,13,14). The Morgan fingerprint density at radius 2 is 2.50 bits per heavy atom. The van der Waals surface area contributed by atoms with Crippen LogP contribution >= 0.6 is 0 Å². The van der Waals surface area contributed by atoms with E-state index in [1.54, 1.807) is 0 Å². The van der Waals surface area contributed by atoms with Gasteiger partial charge in [0.2, 0.25) is 5.82 Å². The number of amides is 1. The molecule has 6 nitrogen and oxygen atoms in total. The van der Waals surface area contributed by atoms with Crippen LogP contribution in [-0.4, -0.2) is 51.7 Å². The van der Waals surface area contributed by atoms with Crippen molar-refractivity contribution >= 4 is 5.91 Å². The van der Waals surface area contributed by atoms with Crippen molar-refractivity contribution in [3.63, 3.8) is 0 Å². The van der Waals surface area contributed by atoms with E-state index in [9.17, 15) is 4.79 Å². The van der Waals surface area contributed by atoms with Crippen LogP contribution < -0.4 is 5.32 Å². The third-order valence-electron chi connectivity index (χ3n) is 2.78. The summed E-state index contributed by atoms with van der Waals surface area (Å²) in [7, 11) is 0. The molecular formula is C10H17N5O. The molecule has 0 radical (unpaired) electrons. The summed E-state index contributed by atoms with van der Waals surface area (Å²) in [5, 5.41) is 8.99. The summed E-state index contributed by atoms with van der Waals surface area (Å²) in [6.07, 6.45) is 3.92. The zero-order chi connectivity index (χ0) is 11.4. The maximum atomic E-state index is 11.5. The van der Waals surface area contributed by atoms with Crippen LogP contribution in [0.4, 0.5) is 0 Å². The Labute approximate surface area is 94.4 Å². The molecule has 0 aromatic carbocycles. The molecule has 1 fully saturated rings. The van der Waals surface area contributed by atoms with Gasteiger partial charge in [-0.3, -0.25) is 14.8 Å². The summed E-state index contributed by atoms with van der Waals surface area (Å²) in [5.74, 6) is 0.0822. The van der Waals surface area contributed by atoms with Gasteiger partial charge in [0.15, 0.2) is 0 Å². The molecule has 1 aromatic rings. The second-order valence-electron chi connectivity index (χ2n) is 3.95. The van der Waals surface area contributed by atoms with Crippen molar-refractivity contribution in [2.75, 3.05) is 19.6 Å². The number of nitrogens with zero attached hydrogens (tertiary/aromatic N) is 3. The number of hydrogen-bond donors (Lipinski definition) is 2.